The minimum Gasteiger partial charge on any atom is -0.253 e. The summed E-state index contributed by atoms with van der Waals surface area (Å²) in [7, 11) is 0. The Balaban J connectivity index is 1.33. The molecule has 0 N–H and O–H groups in total. The van der Waals surface area contributed by atoms with Crippen LogP contribution in [0.15, 0.2) is 146 Å². The Labute approximate surface area is 332 Å². The van der Waals surface area contributed by atoms with Crippen molar-refractivity contribution in [3.8, 4) is 45.6 Å². The summed E-state index contributed by atoms with van der Waals surface area (Å²) < 4.78 is 3.62. The Kier molecular flexibility index (Phi) is 5.70. The van der Waals surface area contributed by atoms with E-state index in [0.717, 1.165) is 86.9 Å². The Bertz CT molecular complexity index is 3660. The second-order valence-corrected chi connectivity index (χ2v) is 15.3. The van der Waals surface area contributed by atoms with E-state index in [1.54, 1.807) is 0 Å². The zero-order chi connectivity index (χ0) is 38.5. The maximum atomic E-state index is 14.1. The first kappa shape index (κ1) is 30.8. The second kappa shape index (κ2) is 10.9. The fourth-order valence-corrected chi connectivity index (χ4v) is 9.34. The number of benzene rings is 8. The van der Waals surface area contributed by atoms with Gasteiger partial charge in [-0.1, -0.05) is 97.1 Å². The van der Waals surface area contributed by atoms with Crippen molar-refractivity contribution < 1.29 is 4.79 Å². The lowest BCUT2D eigenvalue weighted by Crippen LogP contribution is -2.23. The lowest BCUT2D eigenvalue weighted by atomic mass is 10.0. The summed E-state index contributed by atoms with van der Waals surface area (Å²) in [6, 6.07) is 50.0. The lowest BCUT2D eigenvalue weighted by Gasteiger charge is -2.03. The number of hydrogen-bond donors (Lipinski definition) is 0. The summed E-state index contributed by atoms with van der Waals surface area (Å²) in [5.41, 5.74) is 5.50. The number of nitrogens with zero attached hydrogens (tertiary/aromatic N) is 8. The molecule has 4 aromatic heterocycles. The number of rotatable bonds is 0. The summed E-state index contributed by atoms with van der Waals surface area (Å²) in [6.45, 7) is 0. The average molecular weight is 753 g/mol. The Morgan fingerprint density at radius 3 is 0.797 bits per heavy atom. The van der Waals surface area contributed by atoms with Gasteiger partial charge in [-0.15, -0.1) is 0 Å². The average Bonchev–Trinajstić information content (AvgIpc) is 3.96. The van der Waals surface area contributed by atoms with Gasteiger partial charge in [-0.2, -0.15) is 0 Å². The van der Waals surface area contributed by atoms with Crippen LogP contribution in [0.4, 0.5) is 0 Å². The highest BCUT2D eigenvalue weighted by molar-refractivity contribution is 6.14. The van der Waals surface area contributed by atoms with Gasteiger partial charge in [0.05, 0.1) is 0 Å². The van der Waals surface area contributed by atoms with Crippen molar-refractivity contribution in [2.24, 2.45) is 0 Å². The molecule has 0 spiro atoms. The molecule has 12 aromatic rings. The van der Waals surface area contributed by atoms with Gasteiger partial charge in [-0.3, -0.25) is 8.80 Å². The van der Waals surface area contributed by atoms with Crippen molar-refractivity contribution in [1.29, 1.82) is 0 Å². The highest BCUT2D eigenvalue weighted by Crippen LogP contribution is 2.41. The van der Waals surface area contributed by atoms with Crippen molar-refractivity contribution in [3.05, 3.63) is 151 Å². The molecule has 0 amide bonds. The number of aromatic nitrogens is 8. The predicted molar refractivity (Wildman–Crippen MR) is 233 cm³/mol. The smallest absolute Gasteiger partial charge is 0.214 e. The highest BCUT2D eigenvalue weighted by Gasteiger charge is 2.27. The molecular weight excluding hydrogens is 729 g/mol. The molecule has 0 saturated heterocycles. The fourth-order valence-electron chi connectivity index (χ4n) is 9.34. The molecule has 9 heteroatoms. The standard InChI is InChI=1S/C50H24N8O/c59-25-42-57-47-38-21-30-13-5-6-14-31(30)22-39(38)49(57)55-45-36-19-28-11-3-4-12-29(28)20-37(36)46(52-45)56-50-41-24-33-16-8-7-15-32(33)23-40(41)48(58(42)50)54-44-35-18-27-10-2-1-9-26(27)17-34(35)43(51-44)53-47/h1-24H. The minimum absolute atomic E-state index is 0.133. The topological polar surface area (TPSA) is 103 Å². The van der Waals surface area contributed by atoms with Crippen molar-refractivity contribution in [2.45, 2.75) is 0 Å². The van der Waals surface area contributed by atoms with Crippen LogP contribution in [0.3, 0.4) is 0 Å². The molecule has 9 nitrogen and oxygen atoms in total. The van der Waals surface area contributed by atoms with E-state index in [1.165, 1.54) is 0 Å². The van der Waals surface area contributed by atoms with E-state index in [1.807, 2.05) is 57.3 Å². The summed E-state index contributed by atoms with van der Waals surface area (Å²) in [5.74, 6) is 4.36. The van der Waals surface area contributed by atoms with E-state index in [9.17, 15) is 4.79 Å². The van der Waals surface area contributed by atoms with Crippen LogP contribution in [-0.2, 0) is 4.79 Å². The molecule has 2 aliphatic rings. The van der Waals surface area contributed by atoms with Crippen LogP contribution in [0.1, 0.15) is 0 Å². The van der Waals surface area contributed by atoms with Crippen molar-refractivity contribution in [2.75, 3.05) is 0 Å². The summed E-state index contributed by atoms with van der Waals surface area (Å²) in [4.78, 5) is 46.2. The first-order valence-corrected chi connectivity index (χ1v) is 19.4. The van der Waals surface area contributed by atoms with Gasteiger partial charge in [0.25, 0.3) is 0 Å². The molecule has 0 unspecified atom stereocenters. The van der Waals surface area contributed by atoms with Crippen molar-refractivity contribution >= 4 is 93.2 Å². The largest absolute Gasteiger partial charge is 0.253 e. The van der Waals surface area contributed by atoms with E-state index >= 15 is 0 Å². The normalized spacial score (nSPS) is 12.4. The molecule has 2 aliphatic heterocycles. The maximum absolute atomic E-state index is 14.1. The first-order valence-electron chi connectivity index (χ1n) is 19.4. The van der Waals surface area contributed by atoms with Gasteiger partial charge in [0.1, 0.15) is 0 Å². The van der Waals surface area contributed by atoms with Crippen LogP contribution >= 0.6 is 0 Å². The van der Waals surface area contributed by atoms with E-state index in [2.05, 4.69) is 103 Å². The lowest BCUT2D eigenvalue weighted by molar-refractivity contribution is 0.565. The highest BCUT2D eigenvalue weighted by atomic mass is 16.1. The molecule has 59 heavy (non-hydrogen) atoms. The third kappa shape index (κ3) is 4.10. The van der Waals surface area contributed by atoms with Gasteiger partial charge in [-0.25, -0.2) is 34.7 Å². The van der Waals surface area contributed by atoms with E-state index in [4.69, 9.17) is 29.9 Å². The van der Waals surface area contributed by atoms with Crippen molar-refractivity contribution in [1.82, 2.24) is 38.7 Å². The molecular formula is C50H24N8O. The van der Waals surface area contributed by atoms with Crippen LogP contribution in [0.25, 0.3) is 133 Å². The minimum atomic E-state index is 0.133. The molecule has 0 fully saturated rings. The number of hydrogen-bond acceptors (Lipinski definition) is 7. The van der Waals surface area contributed by atoms with Crippen molar-refractivity contribution in [3.63, 3.8) is 0 Å². The van der Waals surface area contributed by atoms with Crippen LogP contribution < -0.4 is 5.48 Å². The molecule has 6 heterocycles. The van der Waals surface area contributed by atoms with Gasteiger partial charge >= 0.3 is 0 Å². The molecule has 0 aliphatic carbocycles. The molecule has 6 bridgehead atoms. The first-order chi connectivity index (χ1) is 29.1. The summed E-state index contributed by atoms with van der Waals surface area (Å²) >= 11 is 0. The zero-order valence-electron chi connectivity index (χ0n) is 30.8. The van der Waals surface area contributed by atoms with Gasteiger partial charge < -0.3 is 0 Å². The van der Waals surface area contributed by atoms with Crippen LogP contribution in [-0.4, -0.2) is 44.6 Å². The van der Waals surface area contributed by atoms with Crippen LogP contribution in [0.2, 0.25) is 0 Å². The van der Waals surface area contributed by atoms with Crippen LogP contribution in [0, 0.1) is 0 Å². The Hall–Kier alpha value is -8.39. The molecule has 270 valence electrons. The number of fused-ring (bicyclic) bond motifs is 20. The quantitative estimate of drug-likeness (QED) is 0.152. The molecule has 0 radical (unpaired) electrons. The predicted octanol–water partition coefficient (Wildman–Crippen LogP) is 9.84. The van der Waals surface area contributed by atoms with Gasteiger partial charge in [0.2, 0.25) is 5.48 Å². The summed E-state index contributed by atoms with van der Waals surface area (Å²) in [5, 5.41) is 11.5. The van der Waals surface area contributed by atoms with Gasteiger partial charge in [0.15, 0.2) is 51.8 Å². The van der Waals surface area contributed by atoms with E-state index in [0.29, 0.717) is 45.9 Å². The SMILES string of the molecule is O=C=c1n2c3nc4nc(nc5c6cc7ccccc7cc6c(nc6nc(nc2c2cc7ccccc7cc23)-c2cc3ccccc3cc2-6)n15)-c1cc2ccccc2cc1-4. The Morgan fingerprint density at radius 2 is 0.559 bits per heavy atom. The molecule has 8 aromatic carbocycles. The molecule has 0 atom stereocenters. The summed E-state index contributed by atoms with van der Waals surface area (Å²) in [6.07, 6.45) is 0. The second-order valence-electron chi connectivity index (χ2n) is 15.3. The number of carbonyl (C=O) groups excluding carboxylic acids is 1. The maximum Gasteiger partial charge on any atom is 0.214 e. The third-order valence-corrected chi connectivity index (χ3v) is 12.1. The molecule has 0 saturated carbocycles. The third-order valence-electron chi connectivity index (χ3n) is 12.1. The van der Waals surface area contributed by atoms with E-state index in [-0.39, 0.29) is 5.48 Å². The monoisotopic (exact) mass is 752 g/mol. The van der Waals surface area contributed by atoms with Gasteiger partial charge in [-0.05, 0) is 91.6 Å². The van der Waals surface area contributed by atoms with Crippen LogP contribution in [0.5, 0.6) is 0 Å². The molecule has 14 rings (SSSR count). The van der Waals surface area contributed by atoms with E-state index < -0.39 is 0 Å². The fraction of sp³-hybridized carbons (Fsp3) is 0. The zero-order valence-corrected chi connectivity index (χ0v) is 30.8. The Morgan fingerprint density at radius 1 is 0.322 bits per heavy atom. The van der Waals surface area contributed by atoms with Gasteiger partial charge in [0, 0.05) is 43.8 Å².